The Kier molecular flexibility index (Phi) is 5.64. The molecule has 0 radical (unpaired) electrons. The van der Waals surface area contributed by atoms with Gasteiger partial charge in [-0.2, -0.15) is 0 Å². The molecule has 4 N–H and O–H groups in total. The molecular formula is C24H26N4O3. The fourth-order valence-corrected chi connectivity index (χ4v) is 4.55. The van der Waals surface area contributed by atoms with E-state index in [4.69, 9.17) is 5.73 Å². The second-order valence-corrected chi connectivity index (χ2v) is 8.43. The molecule has 31 heavy (non-hydrogen) atoms. The van der Waals surface area contributed by atoms with Gasteiger partial charge in [0.05, 0.1) is 5.56 Å². The average molecular weight is 418 g/mol. The number of nitrogens with two attached hydrogens (primary N) is 1. The molecule has 1 fully saturated rings. The number of aromatic amines is 1. The molecule has 0 saturated heterocycles. The molecule has 2 amide bonds. The summed E-state index contributed by atoms with van der Waals surface area (Å²) in [5.74, 6) is 5.64. The van der Waals surface area contributed by atoms with Crippen LogP contribution in [0.4, 0.5) is 0 Å². The van der Waals surface area contributed by atoms with Gasteiger partial charge in [-0.15, -0.1) is 0 Å². The van der Waals surface area contributed by atoms with E-state index in [0.717, 1.165) is 56.2 Å². The maximum absolute atomic E-state index is 13.2. The quantitative estimate of drug-likeness (QED) is 0.664. The summed E-state index contributed by atoms with van der Waals surface area (Å²) in [6.07, 6.45) is 9.61. The summed E-state index contributed by atoms with van der Waals surface area (Å²) in [6.45, 7) is 1.83. The largest absolute Gasteiger partial charge is 0.366 e. The molecule has 0 unspecified atom stereocenters. The molecule has 1 saturated carbocycles. The van der Waals surface area contributed by atoms with E-state index in [-0.39, 0.29) is 11.7 Å². The van der Waals surface area contributed by atoms with Gasteiger partial charge in [-0.1, -0.05) is 31.1 Å². The molecule has 7 heteroatoms. The predicted molar refractivity (Wildman–Crippen MR) is 116 cm³/mol. The predicted octanol–water partition coefficient (Wildman–Crippen LogP) is 2.82. The smallest absolute Gasteiger partial charge is 0.269 e. The second kappa shape index (κ2) is 8.38. The maximum Gasteiger partial charge on any atom is 0.269 e. The highest BCUT2D eigenvalue weighted by Gasteiger charge is 2.34. The third-order valence-electron chi connectivity index (χ3n) is 6.19. The summed E-state index contributed by atoms with van der Waals surface area (Å²) in [6, 6.07) is 1.61. The average Bonchev–Trinajstić information content (AvgIpc) is 3.11. The highest BCUT2D eigenvalue weighted by atomic mass is 16.2. The van der Waals surface area contributed by atoms with Crippen LogP contribution in [0.3, 0.4) is 0 Å². The van der Waals surface area contributed by atoms with Gasteiger partial charge < -0.3 is 16.0 Å². The van der Waals surface area contributed by atoms with Crippen molar-refractivity contribution in [3.63, 3.8) is 0 Å². The van der Waals surface area contributed by atoms with Gasteiger partial charge in [0.15, 0.2) is 5.78 Å². The summed E-state index contributed by atoms with van der Waals surface area (Å²) in [5.41, 5.74) is 8.24. The zero-order chi connectivity index (χ0) is 22.0. The van der Waals surface area contributed by atoms with Gasteiger partial charge in [0.1, 0.15) is 11.2 Å². The van der Waals surface area contributed by atoms with Crippen LogP contribution in [0.1, 0.15) is 93.0 Å². The van der Waals surface area contributed by atoms with Gasteiger partial charge in [0, 0.05) is 35.6 Å². The molecule has 0 atom stereocenters. The lowest BCUT2D eigenvalue weighted by Crippen LogP contribution is -2.49. The number of hydrogen-bond donors (Lipinski definition) is 3. The molecule has 160 valence electrons. The van der Waals surface area contributed by atoms with Crippen molar-refractivity contribution < 1.29 is 14.4 Å². The lowest BCUT2D eigenvalue weighted by Gasteiger charge is -2.33. The first-order valence-electron chi connectivity index (χ1n) is 10.7. The number of rotatable bonds is 3. The minimum atomic E-state index is -0.667. The second-order valence-electron chi connectivity index (χ2n) is 8.43. The van der Waals surface area contributed by atoms with Crippen LogP contribution in [-0.2, 0) is 6.42 Å². The van der Waals surface area contributed by atoms with Crippen molar-refractivity contribution in [3.8, 4) is 11.8 Å². The number of fused-ring (bicyclic) bond motifs is 1. The Morgan fingerprint density at radius 3 is 2.65 bits per heavy atom. The summed E-state index contributed by atoms with van der Waals surface area (Å²) < 4.78 is 0. The SMILES string of the molecule is Cc1c(C(=O)NC2(C#Cc3cncc(C(N)=O)c3)CCCCC2)[nH]c2c1C(=O)CCC2. The molecule has 2 aliphatic carbocycles. The molecular weight excluding hydrogens is 392 g/mol. The summed E-state index contributed by atoms with van der Waals surface area (Å²) in [7, 11) is 0. The van der Waals surface area contributed by atoms with Crippen LogP contribution in [-0.4, -0.2) is 33.1 Å². The normalized spacial score (nSPS) is 17.3. The van der Waals surface area contributed by atoms with E-state index in [2.05, 4.69) is 27.1 Å². The van der Waals surface area contributed by atoms with Crippen molar-refractivity contribution in [2.45, 2.75) is 63.8 Å². The number of primary amides is 1. The molecule has 2 aliphatic rings. The number of Topliss-reactive ketones (excluding diaryl/α,β-unsaturated/α-hetero) is 1. The standard InChI is InChI=1S/C24H26N4O3/c1-15-20-18(6-5-7-19(20)29)27-21(15)23(31)28-24(9-3-2-4-10-24)11-8-16-12-17(22(25)30)14-26-13-16/h12-14,27H,2-7,9-10H2,1H3,(H2,25,30)(H,28,31). The Morgan fingerprint density at radius 2 is 1.94 bits per heavy atom. The van der Waals surface area contributed by atoms with E-state index in [1.165, 1.54) is 6.20 Å². The van der Waals surface area contributed by atoms with E-state index in [1.54, 1.807) is 12.3 Å². The lowest BCUT2D eigenvalue weighted by molar-refractivity contribution is 0.0897. The Morgan fingerprint density at radius 1 is 1.16 bits per heavy atom. The topological polar surface area (TPSA) is 118 Å². The molecule has 2 aromatic rings. The Labute approximate surface area is 181 Å². The molecule has 0 bridgehead atoms. The van der Waals surface area contributed by atoms with Crippen LogP contribution in [0.15, 0.2) is 18.5 Å². The first-order valence-corrected chi connectivity index (χ1v) is 10.7. The van der Waals surface area contributed by atoms with Gasteiger partial charge in [0.25, 0.3) is 5.91 Å². The fraction of sp³-hybridized carbons (Fsp3) is 0.417. The lowest BCUT2D eigenvalue weighted by atomic mass is 9.81. The Hall–Kier alpha value is -3.40. The number of nitrogens with one attached hydrogen (secondary N) is 2. The van der Waals surface area contributed by atoms with Crippen molar-refractivity contribution in [1.82, 2.24) is 15.3 Å². The van der Waals surface area contributed by atoms with E-state index < -0.39 is 11.4 Å². The minimum Gasteiger partial charge on any atom is -0.366 e. The van der Waals surface area contributed by atoms with Crippen molar-refractivity contribution in [2.24, 2.45) is 5.73 Å². The number of carbonyl (C=O) groups is 3. The first kappa shape index (κ1) is 20.9. The van der Waals surface area contributed by atoms with Crippen molar-refractivity contribution >= 4 is 17.6 Å². The number of hydrogen-bond acceptors (Lipinski definition) is 4. The monoisotopic (exact) mass is 418 g/mol. The zero-order valence-electron chi connectivity index (χ0n) is 17.6. The third kappa shape index (κ3) is 4.24. The number of ketones is 1. The maximum atomic E-state index is 13.2. The van der Waals surface area contributed by atoms with Crippen LogP contribution >= 0.6 is 0 Å². The van der Waals surface area contributed by atoms with Crippen LogP contribution in [0, 0.1) is 18.8 Å². The van der Waals surface area contributed by atoms with Crippen LogP contribution in [0.2, 0.25) is 0 Å². The van der Waals surface area contributed by atoms with Crippen molar-refractivity contribution in [1.29, 1.82) is 0 Å². The first-order chi connectivity index (χ1) is 14.9. The molecule has 0 aromatic carbocycles. The highest BCUT2D eigenvalue weighted by molar-refractivity contribution is 6.04. The molecule has 0 aliphatic heterocycles. The number of aromatic nitrogens is 2. The van der Waals surface area contributed by atoms with E-state index in [0.29, 0.717) is 28.8 Å². The molecule has 7 nitrogen and oxygen atoms in total. The number of carbonyl (C=O) groups excluding carboxylic acids is 3. The van der Waals surface area contributed by atoms with Gasteiger partial charge in [-0.3, -0.25) is 19.4 Å². The summed E-state index contributed by atoms with van der Waals surface area (Å²) >= 11 is 0. The van der Waals surface area contributed by atoms with Gasteiger partial charge >= 0.3 is 0 Å². The van der Waals surface area contributed by atoms with Gasteiger partial charge in [-0.25, -0.2) is 0 Å². The van der Waals surface area contributed by atoms with E-state index >= 15 is 0 Å². The molecule has 4 rings (SSSR count). The zero-order valence-corrected chi connectivity index (χ0v) is 17.6. The minimum absolute atomic E-state index is 0.100. The van der Waals surface area contributed by atoms with Gasteiger partial charge in [0.2, 0.25) is 5.91 Å². The Bertz CT molecular complexity index is 1110. The van der Waals surface area contributed by atoms with Crippen molar-refractivity contribution in [3.05, 3.63) is 52.1 Å². The van der Waals surface area contributed by atoms with Crippen LogP contribution in [0.25, 0.3) is 0 Å². The van der Waals surface area contributed by atoms with Crippen LogP contribution < -0.4 is 11.1 Å². The van der Waals surface area contributed by atoms with Gasteiger partial charge in [-0.05, 0) is 44.2 Å². The molecule has 0 spiro atoms. The molecule has 2 aromatic heterocycles. The number of aryl methyl sites for hydroxylation is 1. The fourth-order valence-electron chi connectivity index (χ4n) is 4.55. The number of pyridine rings is 1. The Balaban J connectivity index is 1.63. The summed E-state index contributed by atoms with van der Waals surface area (Å²) in [4.78, 5) is 44.2. The molecule has 2 heterocycles. The third-order valence-corrected chi connectivity index (χ3v) is 6.19. The van der Waals surface area contributed by atoms with Crippen molar-refractivity contribution in [2.75, 3.05) is 0 Å². The number of H-pyrrole nitrogens is 1. The summed E-state index contributed by atoms with van der Waals surface area (Å²) in [5, 5.41) is 3.15. The number of amides is 2. The number of nitrogens with zero attached hydrogens (tertiary/aromatic N) is 1. The van der Waals surface area contributed by atoms with E-state index in [9.17, 15) is 14.4 Å². The van der Waals surface area contributed by atoms with E-state index in [1.807, 2.05) is 6.92 Å². The van der Waals surface area contributed by atoms with Crippen LogP contribution in [0.5, 0.6) is 0 Å². The highest BCUT2D eigenvalue weighted by Crippen LogP contribution is 2.30.